The molecule has 0 saturated carbocycles. The Morgan fingerprint density at radius 2 is 1.72 bits per heavy atom. The van der Waals surface area contributed by atoms with Gasteiger partial charge in [0.1, 0.15) is 5.82 Å². The maximum atomic E-state index is 13.6. The molecule has 0 aliphatic heterocycles. The second kappa shape index (κ2) is 10.1. The lowest BCUT2D eigenvalue weighted by atomic mass is 10.0. The van der Waals surface area contributed by atoms with Crippen LogP contribution < -0.4 is 5.32 Å². The van der Waals surface area contributed by atoms with Crippen LogP contribution in [0.25, 0.3) is 33.3 Å². The second-order valence-corrected chi connectivity index (χ2v) is 7.50. The predicted molar refractivity (Wildman–Crippen MR) is 127 cm³/mol. The Morgan fingerprint density at radius 3 is 2.50 bits per heavy atom. The average Bonchev–Trinajstić information content (AvgIpc) is 2.82. The lowest BCUT2D eigenvalue weighted by Gasteiger charge is -2.12. The van der Waals surface area contributed by atoms with Gasteiger partial charge < -0.3 is 10.1 Å². The van der Waals surface area contributed by atoms with Crippen molar-refractivity contribution in [3.63, 3.8) is 0 Å². The molecule has 0 bridgehead atoms. The van der Waals surface area contributed by atoms with Gasteiger partial charge in [-0.1, -0.05) is 54.6 Å². The van der Waals surface area contributed by atoms with Crippen molar-refractivity contribution in [2.24, 2.45) is 0 Å². The third-order valence-electron chi connectivity index (χ3n) is 5.23. The van der Waals surface area contributed by atoms with Crippen LogP contribution in [-0.4, -0.2) is 24.1 Å². The van der Waals surface area contributed by atoms with Gasteiger partial charge >= 0.3 is 5.97 Å². The second-order valence-electron chi connectivity index (χ2n) is 7.50. The van der Waals surface area contributed by atoms with Crippen LogP contribution in [0.4, 0.5) is 10.1 Å². The van der Waals surface area contributed by atoms with E-state index in [4.69, 9.17) is 9.72 Å². The van der Waals surface area contributed by atoms with E-state index in [9.17, 15) is 9.18 Å². The normalized spacial score (nSPS) is 10.8. The monoisotopic (exact) mass is 428 g/mol. The van der Waals surface area contributed by atoms with Crippen molar-refractivity contribution < 1.29 is 13.9 Å². The Morgan fingerprint density at radius 1 is 0.938 bits per heavy atom. The molecular formula is C27H25FN2O2. The molecule has 0 unspecified atom stereocenters. The third-order valence-corrected chi connectivity index (χ3v) is 5.23. The lowest BCUT2D eigenvalue weighted by Crippen LogP contribution is -2.08. The molecule has 4 rings (SSSR count). The molecule has 1 heterocycles. The number of rotatable bonds is 8. The van der Waals surface area contributed by atoms with Crippen molar-refractivity contribution in [2.45, 2.75) is 19.8 Å². The van der Waals surface area contributed by atoms with Crippen LogP contribution in [-0.2, 0) is 9.53 Å². The van der Waals surface area contributed by atoms with E-state index < -0.39 is 0 Å². The number of nitrogens with one attached hydrogen (secondary N) is 1. The predicted octanol–water partition coefficient (Wildman–Crippen LogP) is 6.46. The number of benzene rings is 3. The fourth-order valence-corrected chi connectivity index (χ4v) is 3.66. The zero-order valence-corrected chi connectivity index (χ0v) is 18.0. The zero-order valence-electron chi connectivity index (χ0n) is 18.0. The van der Waals surface area contributed by atoms with Gasteiger partial charge in [0, 0.05) is 29.6 Å². The summed E-state index contributed by atoms with van der Waals surface area (Å²) < 4.78 is 18.5. The number of carbonyl (C=O) groups excluding carboxylic acids is 1. The third kappa shape index (κ3) is 5.11. The summed E-state index contributed by atoms with van der Waals surface area (Å²) in [6.07, 6.45) is 1.07. The van der Waals surface area contributed by atoms with Gasteiger partial charge in [-0.15, -0.1) is 0 Å². The first-order valence-corrected chi connectivity index (χ1v) is 10.8. The molecule has 0 saturated heterocycles. The number of para-hydroxylation sites is 1. The van der Waals surface area contributed by atoms with Crippen molar-refractivity contribution in [3.8, 4) is 22.4 Å². The summed E-state index contributed by atoms with van der Waals surface area (Å²) >= 11 is 0. The molecule has 0 amide bonds. The van der Waals surface area contributed by atoms with Gasteiger partial charge in [0.2, 0.25) is 0 Å². The van der Waals surface area contributed by atoms with Crippen LogP contribution in [0.5, 0.6) is 0 Å². The van der Waals surface area contributed by atoms with Gasteiger partial charge in [0.05, 0.1) is 17.8 Å². The maximum absolute atomic E-state index is 13.6. The zero-order chi connectivity index (χ0) is 22.3. The Hall–Kier alpha value is -3.73. The van der Waals surface area contributed by atoms with E-state index in [-0.39, 0.29) is 11.8 Å². The highest BCUT2D eigenvalue weighted by Gasteiger charge is 2.09. The number of ether oxygens (including phenoxy) is 1. The standard InChI is InChI=1S/C27H25FN2O2/c1-2-32-27(31)11-6-16-29-26-18-25(30-24-10-4-3-9-23(24)26)20-14-12-19(13-15-20)21-7-5-8-22(28)17-21/h3-5,7-10,12-15,17-18H,2,6,11,16H2,1H3,(H,29,30). The molecule has 1 aromatic heterocycles. The number of esters is 1. The van der Waals surface area contributed by atoms with Crippen molar-refractivity contribution in [2.75, 3.05) is 18.5 Å². The van der Waals surface area contributed by atoms with Crippen LogP contribution in [0.1, 0.15) is 19.8 Å². The topological polar surface area (TPSA) is 51.2 Å². The fraction of sp³-hybridized carbons (Fsp3) is 0.185. The number of aromatic nitrogens is 1. The number of pyridine rings is 1. The summed E-state index contributed by atoms with van der Waals surface area (Å²) in [5.41, 5.74) is 5.49. The SMILES string of the molecule is CCOC(=O)CCCNc1cc(-c2ccc(-c3cccc(F)c3)cc2)nc2ccccc12. The van der Waals surface area contributed by atoms with Crippen molar-refractivity contribution in [1.29, 1.82) is 0 Å². The number of carbonyl (C=O) groups is 1. The summed E-state index contributed by atoms with van der Waals surface area (Å²) in [6, 6.07) is 24.6. The summed E-state index contributed by atoms with van der Waals surface area (Å²) in [4.78, 5) is 16.4. The largest absolute Gasteiger partial charge is 0.466 e. The molecule has 3 aromatic carbocycles. The first-order chi connectivity index (χ1) is 15.6. The molecule has 1 N–H and O–H groups in total. The quantitative estimate of drug-likeness (QED) is 0.258. The Labute approximate surface area is 187 Å². The lowest BCUT2D eigenvalue weighted by molar-refractivity contribution is -0.143. The summed E-state index contributed by atoms with van der Waals surface area (Å²) in [6.45, 7) is 2.87. The first kappa shape index (κ1) is 21.5. The maximum Gasteiger partial charge on any atom is 0.305 e. The molecule has 0 atom stereocenters. The van der Waals surface area contributed by atoms with E-state index in [1.807, 2.05) is 67.6 Å². The van der Waals surface area contributed by atoms with E-state index in [0.717, 1.165) is 39.0 Å². The number of hydrogen-bond donors (Lipinski definition) is 1. The first-order valence-electron chi connectivity index (χ1n) is 10.8. The fourth-order valence-electron chi connectivity index (χ4n) is 3.66. The van der Waals surface area contributed by atoms with Crippen LogP contribution in [0.3, 0.4) is 0 Å². The minimum Gasteiger partial charge on any atom is -0.466 e. The van der Waals surface area contributed by atoms with Gasteiger partial charge in [-0.2, -0.15) is 0 Å². The number of anilines is 1. The average molecular weight is 429 g/mol. The molecule has 32 heavy (non-hydrogen) atoms. The summed E-state index contributed by atoms with van der Waals surface area (Å²) in [5, 5.41) is 4.48. The van der Waals surface area contributed by atoms with Gasteiger partial charge in [-0.25, -0.2) is 9.37 Å². The van der Waals surface area contributed by atoms with Crippen molar-refractivity contribution in [3.05, 3.63) is 84.7 Å². The molecule has 5 heteroatoms. The molecule has 4 nitrogen and oxygen atoms in total. The molecule has 0 aliphatic carbocycles. The highest BCUT2D eigenvalue weighted by Crippen LogP contribution is 2.30. The van der Waals surface area contributed by atoms with E-state index in [1.54, 1.807) is 6.07 Å². The van der Waals surface area contributed by atoms with Gasteiger partial charge in [-0.05, 0) is 48.7 Å². The number of hydrogen-bond acceptors (Lipinski definition) is 4. The minimum atomic E-state index is -0.249. The summed E-state index contributed by atoms with van der Waals surface area (Å²) in [7, 11) is 0. The van der Waals surface area contributed by atoms with E-state index in [0.29, 0.717) is 26.0 Å². The van der Waals surface area contributed by atoms with Crippen LogP contribution in [0.2, 0.25) is 0 Å². The molecule has 162 valence electrons. The smallest absolute Gasteiger partial charge is 0.305 e. The highest BCUT2D eigenvalue weighted by atomic mass is 19.1. The highest BCUT2D eigenvalue weighted by molar-refractivity contribution is 5.93. The van der Waals surface area contributed by atoms with Gasteiger partial charge in [0.25, 0.3) is 0 Å². The molecular weight excluding hydrogens is 403 g/mol. The van der Waals surface area contributed by atoms with Crippen molar-refractivity contribution in [1.82, 2.24) is 4.98 Å². The van der Waals surface area contributed by atoms with Crippen molar-refractivity contribution >= 4 is 22.6 Å². The summed E-state index contributed by atoms with van der Waals surface area (Å²) in [5.74, 6) is -0.422. The molecule has 4 aromatic rings. The number of fused-ring (bicyclic) bond motifs is 1. The van der Waals surface area contributed by atoms with Gasteiger partial charge in [-0.3, -0.25) is 4.79 Å². The van der Waals surface area contributed by atoms with Gasteiger partial charge in [0.15, 0.2) is 0 Å². The molecule has 0 radical (unpaired) electrons. The van der Waals surface area contributed by atoms with E-state index in [1.165, 1.54) is 12.1 Å². The Bertz CT molecular complexity index is 1220. The minimum absolute atomic E-state index is 0.173. The Kier molecular flexibility index (Phi) is 6.75. The Balaban J connectivity index is 1.57. The molecule has 0 aliphatic rings. The number of nitrogens with zero attached hydrogens (tertiary/aromatic N) is 1. The molecule has 0 spiro atoms. The van der Waals surface area contributed by atoms with Crippen LogP contribution >= 0.6 is 0 Å². The number of halogens is 1. The molecule has 0 fully saturated rings. The van der Waals surface area contributed by atoms with Crippen LogP contribution in [0, 0.1) is 5.82 Å². The van der Waals surface area contributed by atoms with E-state index in [2.05, 4.69) is 5.32 Å². The van der Waals surface area contributed by atoms with Crippen LogP contribution in [0.15, 0.2) is 78.9 Å². The van der Waals surface area contributed by atoms with E-state index >= 15 is 0 Å².